The Balaban J connectivity index is 2.21. The summed E-state index contributed by atoms with van der Waals surface area (Å²) in [5, 5.41) is 0.744. The molecule has 0 saturated carbocycles. The fourth-order valence-electron chi connectivity index (χ4n) is 2.41. The molecule has 0 unspecified atom stereocenters. The van der Waals surface area contributed by atoms with Crippen molar-refractivity contribution in [1.29, 1.82) is 0 Å². The molecule has 0 radical (unpaired) electrons. The third-order valence-corrected chi connectivity index (χ3v) is 5.11. The third kappa shape index (κ3) is 3.96. The van der Waals surface area contributed by atoms with Gasteiger partial charge in [0, 0.05) is 23.5 Å². The van der Waals surface area contributed by atoms with E-state index in [1.165, 1.54) is 12.1 Å². The SMILES string of the molecule is CCCCCCNS(=O)(=O)c1ccc2[nH]c(=O)cc(C)c2c1. The maximum absolute atomic E-state index is 12.3. The summed E-state index contributed by atoms with van der Waals surface area (Å²) in [6.07, 6.45) is 4.10. The van der Waals surface area contributed by atoms with E-state index < -0.39 is 10.0 Å². The predicted octanol–water partition coefficient (Wildman–Crippen LogP) is 2.70. The summed E-state index contributed by atoms with van der Waals surface area (Å²) in [6.45, 7) is 4.36. The van der Waals surface area contributed by atoms with E-state index in [-0.39, 0.29) is 10.5 Å². The van der Waals surface area contributed by atoms with E-state index in [1.807, 2.05) is 0 Å². The number of pyridine rings is 1. The summed E-state index contributed by atoms with van der Waals surface area (Å²) in [6, 6.07) is 6.23. The largest absolute Gasteiger partial charge is 0.322 e. The van der Waals surface area contributed by atoms with Crippen LogP contribution in [0.25, 0.3) is 10.9 Å². The lowest BCUT2D eigenvalue weighted by Crippen LogP contribution is -2.24. The molecule has 0 bridgehead atoms. The van der Waals surface area contributed by atoms with Crippen molar-refractivity contribution in [3.05, 3.63) is 40.2 Å². The fraction of sp³-hybridized carbons (Fsp3) is 0.438. The van der Waals surface area contributed by atoms with Crippen LogP contribution in [-0.4, -0.2) is 19.9 Å². The molecule has 0 aliphatic rings. The zero-order valence-corrected chi connectivity index (χ0v) is 13.8. The van der Waals surface area contributed by atoms with Gasteiger partial charge in [0.15, 0.2) is 0 Å². The van der Waals surface area contributed by atoms with E-state index in [2.05, 4.69) is 16.6 Å². The van der Waals surface area contributed by atoms with Gasteiger partial charge in [-0.2, -0.15) is 0 Å². The maximum atomic E-state index is 12.3. The molecule has 2 N–H and O–H groups in total. The van der Waals surface area contributed by atoms with Crippen LogP contribution in [0.2, 0.25) is 0 Å². The lowest BCUT2D eigenvalue weighted by molar-refractivity contribution is 0.574. The Kier molecular flexibility index (Phi) is 5.37. The second-order valence-corrected chi connectivity index (χ2v) is 7.25. The van der Waals surface area contributed by atoms with Crippen molar-refractivity contribution in [3.8, 4) is 0 Å². The second kappa shape index (κ2) is 7.07. The Morgan fingerprint density at radius 1 is 1.14 bits per heavy atom. The molecule has 22 heavy (non-hydrogen) atoms. The standard InChI is InChI=1S/C16H22N2O3S/c1-3-4-5-6-9-17-22(20,21)13-7-8-15-14(11-13)12(2)10-16(19)18-15/h7-8,10-11,17H,3-6,9H2,1-2H3,(H,18,19). The Labute approximate surface area is 130 Å². The van der Waals surface area contributed by atoms with Gasteiger partial charge in [0.1, 0.15) is 0 Å². The number of sulfonamides is 1. The van der Waals surface area contributed by atoms with Crippen LogP contribution in [0.5, 0.6) is 0 Å². The zero-order valence-electron chi connectivity index (χ0n) is 13.0. The van der Waals surface area contributed by atoms with Crippen LogP contribution >= 0.6 is 0 Å². The van der Waals surface area contributed by atoms with E-state index in [4.69, 9.17) is 0 Å². The molecule has 0 aliphatic carbocycles. The topological polar surface area (TPSA) is 79.0 Å². The number of aryl methyl sites for hydroxylation is 1. The Bertz CT molecular complexity index is 810. The van der Waals surface area contributed by atoms with Crippen LogP contribution in [0, 0.1) is 6.92 Å². The van der Waals surface area contributed by atoms with Crippen molar-refractivity contribution in [2.24, 2.45) is 0 Å². The van der Waals surface area contributed by atoms with Gasteiger partial charge in [-0.25, -0.2) is 13.1 Å². The number of benzene rings is 1. The quantitative estimate of drug-likeness (QED) is 0.769. The van der Waals surface area contributed by atoms with E-state index in [1.54, 1.807) is 19.1 Å². The molecule has 0 spiro atoms. The molecule has 0 saturated heterocycles. The highest BCUT2D eigenvalue weighted by atomic mass is 32.2. The number of aromatic nitrogens is 1. The molecule has 120 valence electrons. The lowest BCUT2D eigenvalue weighted by Gasteiger charge is -2.08. The molecular formula is C16H22N2O3S. The van der Waals surface area contributed by atoms with Crippen molar-refractivity contribution in [2.45, 2.75) is 44.4 Å². The first kappa shape index (κ1) is 16.7. The van der Waals surface area contributed by atoms with Crippen molar-refractivity contribution in [1.82, 2.24) is 9.71 Å². The first-order chi connectivity index (χ1) is 10.4. The maximum Gasteiger partial charge on any atom is 0.248 e. The molecule has 5 nitrogen and oxygen atoms in total. The van der Waals surface area contributed by atoms with Crippen molar-refractivity contribution >= 4 is 20.9 Å². The molecule has 0 atom stereocenters. The number of nitrogens with one attached hydrogen (secondary N) is 2. The normalized spacial score (nSPS) is 11.9. The average Bonchev–Trinajstić information content (AvgIpc) is 2.46. The highest BCUT2D eigenvalue weighted by Crippen LogP contribution is 2.19. The first-order valence-corrected chi connectivity index (χ1v) is 9.05. The monoisotopic (exact) mass is 322 g/mol. The van der Waals surface area contributed by atoms with E-state index in [9.17, 15) is 13.2 Å². The Morgan fingerprint density at radius 2 is 1.91 bits per heavy atom. The second-order valence-electron chi connectivity index (χ2n) is 5.48. The van der Waals surface area contributed by atoms with Gasteiger partial charge in [0.05, 0.1) is 4.90 Å². The van der Waals surface area contributed by atoms with Crippen molar-refractivity contribution in [3.63, 3.8) is 0 Å². The van der Waals surface area contributed by atoms with Gasteiger partial charge in [-0.3, -0.25) is 4.79 Å². The number of aromatic amines is 1. The van der Waals surface area contributed by atoms with Gasteiger partial charge in [-0.1, -0.05) is 26.2 Å². The number of rotatable bonds is 7. The summed E-state index contributed by atoms with van der Waals surface area (Å²) in [4.78, 5) is 14.4. The summed E-state index contributed by atoms with van der Waals surface area (Å²) >= 11 is 0. The van der Waals surface area contributed by atoms with Gasteiger partial charge in [0.2, 0.25) is 15.6 Å². The van der Waals surface area contributed by atoms with E-state index in [0.29, 0.717) is 12.1 Å². The Hall–Kier alpha value is -1.66. The van der Waals surface area contributed by atoms with Gasteiger partial charge < -0.3 is 4.98 Å². The van der Waals surface area contributed by atoms with Gasteiger partial charge >= 0.3 is 0 Å². The van der Waals surface area contributed by atoms with Crippen LogP contribution in [0.3, 0.4) is 0 Å². The van der Waals surface area contributed by atoms with E-state index in [0.717, 1.165) is 36.6 Å². The van der Waals surface area contributed by atoms with Gasteiger partial charge in [0.25, 0.3) is 0 Å². The average molecular weight is 322 g/mol. The summed E-state index contributed by atoms with van der Waals surface area (Å²) in [5.74, 6) is 0. The molecule has 0 aliphatic heterocycles. The lowest BCUT2D eigenvalue weighted by atomic mass is 10.1. The molecule has 0 amide bonds. The third-order valence-electron chi connectivity index (χ3n) is 3.65. The van der Waals surface area contributed by atoms with Crippen LogP contribution in [0.15, 0.2) is 34.0 Å². The molecule has 1 aromatic carbocycles. The number of unbranched alkanes of at least 4 members (excludes halogenated alkanes) is 3. The number of H-pyrrole nitrogens is 1. The van der Waals surface area contributed by atoms with E-state index >= 15 is 0 Å². The van der Waals surface area contributed by atoms with Crippen molar-refractivity contribution < 1.29 is 8.42 Å². The first-order valence-electron chi connectivity index (χ1n) is 7.57. The fourth-order valence-corrected chi connectivity index (χ4v) is 3.51. The number of fused-ring (bicyclic) bond motifs is 1. The van der Waals surface area contributed by atoms with Crippen LogP contribution in [0.4, 0.5) is 0 Å². The molecule has 1 aromatic heterocycles. The highest BCUT2D eigenvalue weighted by Gasteiger charge is 2.14. The molecule has 1 heterocycles. The van der Waals surface area contributed by atoms with Gasteiger partial charge in [-0.05, 0) is 37.1 Å². The summed E-state index contributed by atoms with van der Waals surface area (Å²) < 4.78 is 27.2. The highest BCUT2D eigenvalue weighted by molar-refractivity contribution is 7.89. The van der Waals surface area contributed by atoms with Crippen LogP contribution in [-0.2, 0) is 10.0 Å². The summed E-state index contributed by atoms with van der Waals surface area (Å²) in [5.41, 5.74) is 1.22. The van der Waals surface area contributed by atoms with Crippen LogP contribution in [0.1, 0.15) is 38.2 Å². The molecule has 2 rings (SSSR count). The predicted molar refractivity (Wildman–Crippen MR) is 88.6 cm³/mol. The van der Waals surface area contributed by atoms with Gasteiger partial charge in [-0.15, -0.1) is 0 Å². The molecule has 2 aromatic rings. The molecule has 6 heteroatoms. The van der Waals surface area contributed by atoms with Crippen LogP contribution < -0.4 is 10.3 Å². The molecular weight excluding hydrogens is 300 g/mol. The number of hydrogen-bond acceptors (Lipinski definition) is 3. The van der Waals surface area contributed by atoms with Crippen molar-refractivity contribution in [2.75, 3.05) is 6.54 Å². The minimum Gasteiger partial charge on any atom is -0.322 e. The Morgan fingerprint density at radius 3 is 2.64 bits per heavy atom. The minimum atomic E-state index is -3.51. The smallest absolute Gasteiger partial charge is 0.248 e. The number of hydrogen-bond donors (Lipinski definition) is 2. The molecule has 0 fully saturated rings. The summed E-state index contributed by atoms with van der Waals surface area (Å²) in [7, 11) is -3.51. The zero-order chi connectivity index (χ0) is 16.2. The minimum absolute atomic E-state index is 0.186.